The first-order valence-electron chi connectivity index (χ1n) is 26.1. The van der Waals surface area contributed by atoms with Crippen LogP contribution in [0.3, 0.4) is 0 Å². The van der Waals surface area contributed by atoms with Gasteiger partial charge in [0.25, 0.3) is 0 Å². The number of hydrogen-bond acceptors (Lipinski definition) is 0. The Kier molecular flexibility index (Phi) is 50.0. The molecule has 1 unspecified atom stereocenters. The maximum absolute atomic E-state index is 4.21. The van der Waals surface area contributed by atoms with Crippen molar-refractivity contribution in [2.24, 2.45) is 5.92 Å². The molecule has 1 radical (unpaired) electrons. The van der Waals surface area contributed by atoms with Gasteiger partial charge in [0.05, 0.1) is 0 Å². The number of unbranched alkanes of at least 4 members (excludes halogenated alkanes) is 43. The maximum Gasteiger partial charge on any atom is -0.0414 e. The zero-order valence-corrected chi connectivity index (χ0v) is 37.9. The molecule has 0 aromatic carbocycles. The fourth-order valence-corrected chi connectivity index (χ4v) is 8.98. The Labute approximate surface area is 340 Å². The second-order valence-corrected chi connectivity index (χ2v) is 18.3. The third-order valence-corrected chi connectivity index (χ3v) is 12.8. The predicted octanol–water partition coefficient (Wildman–Crippen LogP) is 20.6. The highest BCUT2D eigenvalue weighted by Gasteiger charge is 2.08. The molecule has 0 aromatic heterocycles. The Balaban J connectivity index is 3.31. The van der Waals surface area contributed by atoms with Crippen molar-refractivity contribution in [1.82, 2.24) is 0 Å². The molecule has 0 spiro atoms. The Morgan fingerprint density at radius 1 is 0.208 bits per heavy atom. The van der Waals surface area contributed by atoms with E-state index in [0.717, 1.165) is 12.3 Å². The topological polar surface area (TPSA) is 0 Å². The molecule has 0 aliphatic rings. The lowest BCUT2D eigenvalue weighted by Crippen LogP contribution is -2.00. The summed E-state index contributed by atoms with van der Waals surface area (Å²) in [5, 5.41) is 0. The van der Waals surface area contributed by atoms with Crippen LogP contribution < -0.4 is 0 Å². The lowest BCUT2D eigenvalue weighted by molar-refractivity contribution is 0.381. The summed E-state index contributed by atoms with van der Waals surface area (Å²) < 4.78 is 0. The van der Waals surface area contributed by atoms with Crippen LogP contribution in [-0.2, 0) is 0 Å². The Hall–Kier alpha value is 0. The fraction of sp³-hybridized carbons (Fsp3) is 0.981. The maximum atomic E-state index is 4.21. The van der Waals surface area contributed by atoms with Crippen LogP contribution in [-0.4, -0.2) is 0 Å². The van der Waals surface area contributed by atoms with Crippen LogP contribution in [0.15, 0.2) is 0 Å². The Morgan fingerprint density at radius 2 is 0.358 bits per heavy atom. The minimum Gasteiger partial charge on any atom is -0.0654 e. The van der Waals surface area contributed by atoms with E-state index in [1.54, 1.807) is 0 Å². The molecule has 0 heteroatoms. The zero-order valence-electron chi connectivity index (χ0n) is 37.9. The van der Waals surface area contributed by atoms with E-state index in [9.17, 15) is 0 Å². The summed E-state index contributed by atoms with van der Waals surface area (Å²) >= 11 is 0. The fourth-order valence-electron chi connectivity index (χ4n) is 8.98. The SMILES string of the molecule is [CH2]CCC(CCCCCCCCCCCCCCCCCCCCCCCC)CCCCCCCCCCCCCCCCCCCCCCCCC. The largest absolute Gasteiger partial charge is 0.0654 e. The molecule has 0 amide bonds. The summed E-state index contributed by atoms with van der Waals surface area (Å²) in [5.41, 5.74) is 0. The van der Waals surface area contributed by atoms with Crippen LogP contribution in [0.2, 0.25) is 0 Å². The lowest BCUT2D eigenvalue weighted by atomic mass is 9.90. The molecule has 0 aromatic rings. The number of hydrogen-bond donors (Lipinski definition) is 0. The van der Waals surface area contributed by atoms with Gasteiger partial charge in [-0.2, -0.15) is 0 Å². The van der Waals surface area contributed by atoms with E-state index >= 15 is 0 Å². The highest BCUT2D eigenvalue weighted by atomic mass is 14.1. The van der Waals surface area contributed by atoms with Crippen LogP contribution >= 0.6 is 0 Å². The molecule has 0 saturated carbocycles. The van der Waals surface area contributed by atoms with Gasteiger partial charge in [-0.15, -0.1) is 0 Å². The highest BCUT2D eigenvalue weighted by Crippen LogP contribution is 2.24. The first-order chi connectivity index (χ1) is 26.3. The van der Waals surface area contributed by atoms with Crippen LogP contribution in [0.4, 0.5) is 0 Å². The summed E-state index contributed by atoms with van der Waals surface area (Å²) in [5.74, 6) is 0.965. The van der Waals surface area contributed by atoms with Gasteiger partial charge in [-0.3, -0.25) is 0 Å². The molecular weight excluding hydrogens is 637 g/mol. The highest BCUT2D eigenvalue weighted by molar-refractivity contribution is 4.62. The first-order valence-corrected chi connectivity index (χ1v) is 26.1. The molecule has 0 aliphatic carbocycles. The van der Waals surface area contributed by atoms with Gasteiger partial charge in [0, 0.05) is 0 Å². The van der Waals surface area contributed by atoms with Crippen molar-refractivity contribution in [1.29, 1.82) is 0 Å². The van der Waals surface area contributed by atoms with Gasteiger partial charge < -0.3 is 0 Å². The van der Waals surface area contributed by atoms with Gasteiger partial charge in [0.15, 0.2) is 0 Å². The van der Waals surface area contributed by atoms with Gasteiger partial charge in [-0.25, -0.2) is 0 Å². The second kappa shape index (κ2) is 50.0. The van der Waals surface area contributed by atoms with Crippen LogP contribution in [0.5, 0.6) is 0 Å². The van der Waals surface area contributed by atoms with Gasteiger partial charge in [-0.1, -0.05) is 335 Å². The van der Waals surface area contributed by atoms with Crippen molar-refractivity contribution in [2.75, 3.05) is 0 Å². The van der Waals surface area contributed by atoms with E-state index in [-0.39, 0.29) is 0 Å². The van der Waals surface area contributed by atoms with E-state index in [0.29, 0.717) is 0 Å². The van der Waals surface area contributed by atoms with Crippen LogP contribution in [0.25, 0.3) is 0 Å². The molecule has 1 atom stereocenters. The standard InChI is InChI=1S/C53H107/c1-4-7-9-11-13-15-17-19-21-23-25-27-29-31-33-35-37-39-41-43-45-47-49-52-53(50-6-3)51-48-46-44-42-40-38-36-34-32-30-28-26-24-22-20-18-16-14-12-10-8-5-2/h53H,3-52H2,1-2H3. The first kappa shape index (κ1) is 53.0. The van der Waals surface area contributed by atoms with Crippen LogP contribution in [0, 0.1) is 12.8 Å². The van der Waals surface area contributed by atoms with Crippen molar-refractivity contribution < 1.29 is 0 Å². The summed E-state index contributed by atoms with van der Waals surface area (Å²) in [4.78, 5) is 0. The molecule has 0 heterocycles. The summed E-state index contributed by atoms with van der Waals surface area (Å²) in [7, 11) is 0. The zero-order chi connectivity index (χ0) is 38.2. The van der Waals surface area contributed by atoms with E-state index < -0.39 is 0 Å². The van der Waals surface area contributed by atoms with Crippen molar-refractivity contribution in [3.63, 3.8) is 0 Å². The van der Waals surface area contributed by atoms with E-state index in [4.69, 9.17) is 0 Å². The Bertz CT molecular complexity index is 593. The van der Waals surface area contributed by atoms with E-state index in [2.05, 4.69) is 20.8 Å². The third-order valence-electron chi connectivity index (χ3n) is 12.8. The van der Waals surface area contributed by atoms with Gasteiger partial charge >= 0.3 is 0 Å². The van der Waals surface area contributed by atoms with E-state index in [1.165, 1.54) is 308 Å². The van der Waals surface area contributed by atoms with Crippen LogP contribution in [0.1, 0.15) is 328 Å². The van der Waals surface area contributed by atoms with Gasteiger partial charge in [-0.05, 0) is 5.92 Å². The molecule has 0 fully saturated rings. The predicted molar refractivity (Wildman–Crippen MR) is 246 cm³/mol. The summed E-state index contributed by atoms with van der Waals surface area (Å²) in [6.45, 7) is 8.83. The van der Waals surface area contributed by atoms with Crippen molar-refractivity contribution in [2.45, 2.75) is 328 Å². The van der Waals surface area contributed by atoms with Gasteiger partial charge in [0.1, 0.15) is 0 Å². The molecule has 0 nitrogen and oxygen atoms in total. The average molecular weight is 744 g/mol. The second-order valence-electron chi connectivity index (χ2n) is 18.3. The molecule has 0 N–H and O–H groups in total. The molecule has 0 rings (SSSR count). The van der Waals surface area contributed by atoms with Crippen molar-refractivity contribution in [3.8, 4) is 0 Å². The van der Waals surface area contributed by atoms with Crippen molar-refractivity contribution >= 4 is 0 Å². The number of rotatable bonds is 49. The molecule has 319 valence electrons. The Morgan fingerprint density at radius 3 is 0.509 bits per heavy atom. The molecular formula is C53H107. The quantitative estimate of drug-likeness (QED) is 0.0544. The lowest BCUT2D eigenvalue weighted by Gasteiger charge is -2.16. The monoisotopic (exact) mass is 744 g/mol. The average Bonchev–Trinajstić information content (AvgIpc) is 3.17. The summed E-state index contributed by atoms with van der Waals surface area (Å²) in [6.07, 6.45) is 72.0. The molecule has 0 saturated heterocycles. The minimum atomic E-state index is 0.965. The summed E-state index contributed by atoms with van der Waals surface area (Å²) in [6, 6.07) is 0. The third kappa shape index (κ3) is 48.1. The van der Waals surface area contributed by atoms with Crippen molar-refractivity contribution in [3.05, 3.63) is 6.92 Å². The molecule has 0 bridgehead atoms. The molecule has 53 heavy (non-hydrogen) atoms. The smallest absolute Gasteiger partial charge is 0.0414 e. The molecule has 0 aliphatic heterocycles. The minimum absolute atomic E-state index is 0.965. The van der Waals surface area contributed by atoms with E-state index in [1.807, 2.05) is 0 Å². The van der Waals surface area contributed by atoms with Gasteiger partial charge in [0.2, 0.25) is 0 Å². The normalized spacial score (nSPS) is 12.3.